The van der Waals surface area contributed by atoms with Crippen molar-refractivity contribution >= 4 is 45.4 Å². The fraction of sp³-hybridized carbons (Fsp3) is 0.118. The van der Waals surface area contributed by atoms with Crippen LogP contribution in [-0.2, 0) is 4.79 Å². The lowest BCUT2D eigenvalue weighted by atomic mass is 9.96. The molecule has 3 rings (SSSR count). The Morgan fingerprint density at radius 3 is 3.00 bits per heavy atom. The summed E-state index contributed by atoms with van der Waals surface area (Å²) in [5, 5.41) is 1.05. The van der Waals surface area contributed by atoms with E-state index in [9.17, 15) is 4.79 Å². The van der Waals surface area contributed by atoms with E-state index in [0.29, 0.717) is 5.76 Å². The minimum absolute atomic E-state index is 0.0486. The van der Waals surface area contributed by atoms with Crippen LogP contribution in [0.5, 0.6) is 0 Å². The first-order chi connectivity index (χ1) is 9.72. The molecule has 0 amide bonds. The molecule has 1 aliphatic carbocycles. The second-order valence-corrected chi connectivity index (χ2v) is 5.96. The summed E-state index contributed by atoms with van der Waals surface area (Å²) in [6, 6.07) is 9.77. The Kier molecular flexibility index (Phi) is 3.87. The van der Waals surface area contributed by atoms with Crippen LogP contribution < -0.4 is 0 Å². The van der Waals surface area contributed by atoms with Crippen LogP contribution in [0.4, 0.5) is 0 Å². The fourth-order valence-electron chi connectivity index (χ4n) is 2.21. The summed E-state index contributed by atoms with van der Waals surface area (Å²) in [6.45, 7) is 0. The van der Waals surface area contributed by atoms with Crippen molar-refractivity contribution in [3.63, 3.8) is 0 Å². The van der Waals surface area contributed by atoms with Gasteiger partial charge in [0.25, 0.3) is 0 Å². The third kappa shape index (κ3) is 2.93. The Hall–Kier alpha value is -1.62. The lowest BCUT2D eigenvalue weighted by molar-refractivity contribution is -0.116. The van der Waals surface area contributed by atoms with Crippen LogP contribution in [0.2, 0.25) is 0 Å². The maximum absolute atomic E-state index is 12.1. The summed E-state index contributed by atoms with van der Waals surface area (Å²) in [5.74, 6) is 0.779. The van der Waals surface area contributed by atoms with Gasteiger partial charge in [0, 0.05) is 14.9 Å². The highest BCUT2D eigenvalue weighted by Crippen LogP contribution is 2.23. The summed E-state index contributed by atoms with van der Waals surface area (Å²) in [4.78, 5) is 12.1. The van der Waals surface area contributed by atoms with E-state index >= 15 is 0 Å². The molecule has 0 N–H and O–H groups in total. The molecule has 0 saturated carbocycles. The molecule has 1 aromatic heterocycles. The van der Waals surface area contributed by atoms with Crippen LogP contribution >= 0.6 is 22.6 Å². The molecule has 2 nitrogen and oxygen atoms in total. The first-order valence-electron chi connectivity index (χ1n) is 6.47. The highest BCUT2D eigenvalue weighted by atomic mass is 127. The number of benzene rings is 1. The van der Waals surface area contributed by atoms with E-state index in [1.54, 1.807) is 12.2 Å². The van der Waals surface area contributed by atoms with Crippen LogP contribution in [0.15, 0.2) is 62.6 Å². The van der Waals surface area contributed by atoms with Crippen molar-refractivity contribution < 1.29 is 9.21 Å². The Morgan fingerprint density at radius 1 is 1.35 bits per heavy atom. The first-order valence-corrected chi connectivity index (χ1v) is 7.54. The van der Waals surface area contributed by atoms with E-state index in [4.69, 9.17) is 4.42 Å². The number of ketones is 1. The minimum atomic E-state index is -0.0486. The van der Waals surface area contributed by atoms with Gasteiger partial charge in [0.15, 0.2) is 5.78 Å². The standard InChI is InChI=1S/C17H13IO2/c18-14-6-3-5-12(10-14)16(19)9-8-15-11-13-4-1-2-7-17(13)20-15/h1-4,6-12H,5H2/b9-8+. The molecule has 0 fully saturated rings. The van der Waals surface area contributed by atoms with Crippen LogP contribution in [-0.4, -0.2) is 5.78 Å². The molecular weight excluding hydrogens is 363 g/mol. The average molecular weight is 376 g/mol. The van der Waals surface area contributed by atoms with Crippen molar-refractivity contribution in [1.29, 1.82) is 0 Å². The Bertz CT molecular complexity index is 701. The normalized spacial score (nSPS) is 18.6. The maximum atomic E-state index is 12.1. The third-order valence-electron chi connectivity index (χ3n) is 3.25. The zero-order valence-corrected chi connectivity index (χ0v) is 12.9. The molecule has 100 valence electrons. The molecule has 20 heavy (non-hydrogen) atoms. The number of rotatable bonds is 3. The quantitative estimate of drug-likeness (QED) is 0.563. The van der Waals surface area contributed by atoms with Crippen LogP contribution in [0.25, 0.3) is 17.0 Å². The van der Waals surface area contributed by atoms with Gasteiger partial charge in [-0.3, -0.25) is 4.79 Å². The topological polar surface area (TPSA) is 30.2 Å². The molecular formula is C17H13IO2. The number of carbonyl (C=O) groups is 1. The van der Waals surface area contributed by atoms with Crippen molar-refractivity contribution in [2.45, 2.75) is 6.42 Å². The van der Waals surface area contributed by atoms with E-state index < -0.39 is 0 Å². The summed E-state index contributed by atoms with van der Waals surface area (Å²) >= 11 is 2.23. The number of hydrogen-bond acceptors (Lipinski definition) is 2. The van der Waals surface area contributed by atoms with Gasteiger partial charge in [0.1, 0.15) is 11.3 Å². The van der Waals surface area contributed by atoms with Crippen LogP contribution in [0.1, 0.15) is 12.2 Å². The molecule has 1 unspecified atom stereocenters. The predicted octanol–water partition coefficient (Wildman–Crippen LogP) is 4.91. The molecule has 0 bridgehead atoms. The molecule has 0 radical (unpaired) electrons. The highest BCUT2D eigenvalue weighted by molar-refractivity contribution is 14.1. The van der Waals surface area contributed by atoms with E-state index in [1.165, 1.54) is 0 Å². The first kappa shape index (κ1) is 13.4. The van der Waals surface area contributed by atoms with Crippen LogP contribution in [0, 0.1) is 5.92 Å². The van der Waals surface area contributed by atoms with Crippen LogP contribution in [0.3, 0.4) is 0 Å². The van der Waals surface area contributed by atoms with Gasteiger partial charge < -0.3 is 4.42 Å². The average Bonchev–Trinajstić information content (AvgIpc) is 2.87. The number of allylic oxidation sites excluding steroid dienone is 5. The fourth-order valence-corrected chi connectivity index (χ4v) is 2.90. The molecule has 2 aromatic rings. The molecule has 1 aliphatic rings. The summed E-state index contributed by atoms with van der Waals surface area (Å²) in [5.41, 5.74) is 0.842. The second kappa shape index (κ2) is 5.79. The van der Waals surface area contributed by atoms with Crippen molar-refractivity contribution in [2.24, 2.45) is 5.92 Å². The van der Waals surface area contributed by atoms with Gasteiger partial charge in [-0.25, -0.2) is 0 Å². The van der Waals surface area contributed by atoms with Gasteiger partial charge in [-0.2, -0.15) is 0 Å². The van der Waals surface area contributed by atoms with E-state index in [2.05, 4.69) is 22.6 Å². The monoisotopic (exact) mass is 376 g/mol. The van der Waals surface area contributed by atoms with Gasteiger partial charge >= 0.3 is 0 Å². The molecule has 0 aliphatic heterocycles. The Morgan fingerprint density at radius 2 is 2.20 bits per heavy atom. The number of furan rings is 1. The molecule has 1 heterocycles. The lowest BCUT2D eigenvalue weighted by Gasteiger charge is -2.10. The minimum Gasteiger partial charge on any atom is -0.457 e. The van der Waals surface area contributed by atoms with Gasteiger partial charge in [0.2, 0.25) is 0 Å². The molecule has 1 atom stereocenters. The van der Waals surface area contributed by atoms with Gasteiger partial charge in [-0.05, 0) is 53.3 Å². The number of halogens is 1. The SMILES string of the molecule is O=C(/C=C/c1cc2ccccc2o1)C1C=C(I)C=CC1. The smallest absolute Gasteiger partial charge is 0.163 e. The molecule has 3 heteroatoms. The third-order valence-corrected chi connectivity index (χ3v) is 3.97. The zero-order valence-electron chi connectivity index (χ0n) is 10.8. The number of hydrogen-bond donors (Lipinski definition) is 0. The van der Waals surface area contributed by atoms with Gasteiger partial charge in [-0.15, -0.1) is 0 Å². The Labute approximate surface area is 131 Å². The van der Waals surface area contributed by atoms with Gasteiger partial charge in [-0.1, -0.05) is 36.4 Å². The number of carbonyl (C=O) groups excluding carboxylic acids is 1. The Balaban J connectivity index is 1.76. The highest BCUT2D eigenvalue weighted by Gasteiger charge is 2.14. The number of fused-ring (bicyclic) bond motifs is 1. The summed E-state index contributed by atoms with van der Waals surface area (Å²) < 4.78 is 6.77. The second-order valence-electron chi connectivity index (χ2n) is 4.72. The molecule has 0 spiro atoms. The lowest BCUT2D eigenvalue weighted by Crippen LogP contribution is -2.10. The summed E-state index contributed by atoms with van der Waals surface area (Å²) in [7, 11) is 0. The van der Waals surface area contributed by atoms with Crippen molar-refractivity contribution in [3.8, 4) is 0 Å². The maximum Gasteiger partial charge on any atom is 0.163 e. The van der Waals surface area contributed by atoms with E-state index in [1.807, 2.05) is 48.6 Å². The zero-order chi connectivity index (χ0) is 13.9. The van der Waals surface area contributed by atoms with Crippen molar-refractivity contribution in [2.75, 3.05) is 0 Å². The summed E-state index contributed by atoms with van der Waals surface area (Å²) in [6.07, 6.45) is 10.2. The molecule has 1 aromatic carbocycles. The van der Waals surface area contributed by atoms with Crippen molar-refractivity contribution in [3.05, 3.63) is 64.0 Å². The van der Waals surface area contributed by atoms with E-state index in [0.717, 1.165) is 21.0 Å². The number of para-hydroxylation sites is 1. The van der Waals surface area contributed by atoms with E-state index in [-0.39, 0.29) is 11.7 Å². The molecule has 0 saturated heterocycles. The largest absolute Gasteiger partial charge is 0.457 e. The van der Waals surface area contributed by atoms with Gasteiger partial charge in [0.05, 0.1) is 0 Å². The predicted molar refractivity (Wildman–Crippen MR) is 89.6 cm³/mol. The van der Waals surface area contributed by atoms with Crippen molar-refractivity contribution in [1.82, 2.24) is 0 Å².